The summed E-state index contributed by atoms with van der Waals surface area (Å²) in [5.41, 5.74) is 1.31. The maximum Gasteiger partial charge on any atom is 0.345 e. The summed E-state index contributed by atoms with van der Waals surface area (Å²) in [6.07, 6.45) is 0.934. The number of carbonyl (C=O) groups is 1. The predicted molar refractivity (Wildman–Crippen MR) is 91.2 cm³/mol. The number of hydrogen-bond acceptors (Lipinski definition) is 6. The molecule has 0 aliphatic heterocycles. The van der Waals surface area contributed by atoms with Gasteiger partial charge in [-0.2, -0.15) is 4.68 Å². The zero-order chi connectivity index (χ0) is 17.6. The molecule has 1 aromatic heterocycles. The van der Waals surface area contributed by atoms with Gasteiger partial charge in [-0.1, -0.05) is 36.4 Å². The summed E-state index contributed by atoms with van der Waals surface area (Å²) in [5, 5.41) is 8.09. The summed E-state index contributed by atoms with van der Waals surface area (Å²) in [4.78, 5) is 24.0. The van der Waals surface area contributed by atoms with Gasteiger partial charge in [-0.3, -0.25) is 4.79 Å². The molecular weight excluding hydrogens is 322 g/mol. The van der Waals surface area contributed by atoms with E-state index in [0.717, 1.165) is 11.1 Å². The molecule has 0 saturated heterocycles. The van der Waals surface area contributed by atoms with Crippen LogP contribution in [-0.4, -0.2) is 27.6 Å². The second-order valence-electron chi connectivity index (χ2n) is 5.34. The second kappa shape index (κ2) is 7.57. The van der Waals surface area contributed by atoms with Crippen LogP contribution in [0.3, 0.4) is 0 Å². The van der Waals surface area contributed by atoms with Gasteiger partial charge in [-0.25, -0.2) is 4.79 Å². The van der Waals surface area contributed by atoms with Gasteiger partial charge >= 0.3 is 5.97 Å². The van der Waals surface area contributed by atoms with Gasteiger partial charge < -0.3 is 9.47 Å². The Hall–Kier alpha value is -3.22. The molecule has 0 amide bonds. The Balaban J connectivity index is 1.57. The second-order valence-corrected chi connectivity index (χ2v) is 5.34. The first kappa shape index (κ1) is 16.6. The monoisotopic (exact) mass is 339 g/mol. The third kappa shape index (κ3) is 4.00. The molecule has 3 rings (SSSR count). The third-order valence-corrected chi connectivity index (χ3v) is 3.67. The lowest BCUT2D eigenvalue weighted by Crippen LogP contribution is -2.27. The van der Waals surface area contributed by atoms with Crippen LogP contribution in [0.4, 0.5) is 0 Å². The number of hydrogen-bond donors (Lipinski definition) is 0. The Labute approximate surface area is 143 Å². The molecular formula is C18H17N3O4. The minimum atomic E-state index is -0.596. The highest BCUT2D eigenvalue weighted by atomic mass is 16.6. The maximum atomic E-state index is 12.2. The molecule has 0 aliphatic rings. The van der Waals surface area contributed by atoms with Crippen LogP contribution in [0.5, 0.6) is 5.75 Å². The molecule has 0 fully saturated rings. The van der Waals surface area contributed by atoms with Crippen molar-refractivity contribution >= 4 is 16.9 Å². The lowest BCUT2D eigenvalue weighted by molar-refractivity contribution is -0.150. The number of aryl methyl sites for hydroxylation is 1. The number of benzene rings is 2. The van der Waals surface area contributed by atoms with Crippen LogP contribution in [0.25, 0.3) is 10.9 Å². The van der Waals surface area contributed by atoms with Gasteiger partial charge in [0.25, 0.3) is 5.56 Å². The molecule has 0 aliphatic carbocycles. The predicted octanol–water partition coefficient (Wildman–Crippen LogP) is 1.93. The average Bonchev–Trinajstić information content (AvgIpc) is 2.66. The van der Waals surface area contributed by atoms with Crippen molar-refractivity contribution in [3.63, 3.8) is 0 Å². The van der Waals surface area contributed by atoms with E-state index in [2.05, 4.69) is 17.2 Å². The molecule has 0 atom stereocenters. The van der Waals surface area contributed by atoms with E-state index in [0.29, 0.717) is 16.7 Å². The molecule has 3 aromatic rings. The zero-order valence-electron chi connectivity index (χ0n) is 13.7. The molecule has 128 valence electrons. The Bertz CT molecular complexity index is 935. The van der Waals surface area contributed by atoms with Crippen LogP contribution in [0, 0.1) is 0 Å². The Morgan fingerprint density at radius 2 is 1.88 bits per heavy atom. The molecule has 25 heavy (non-hydrogen) atoms. The lowest BCUT2D eigenvalue weighted by Gasteiger charge is -2.08. The Kier molecular flexibility index (Phi) is 5.03. The standard InChI is InChI=1S/C18H17N3O4/c1-2-13-7-9-14(10-8-13)24-11-17(22)25-12-21-18(23)15-5-3-4-6-16(15)19-20-21/h3-10H,2,11-12H2,1H3. The molecule has 7 nitrogen and oxygen atoms in total. The largest absolute Gasteiger partial charge is 0.482 e. The maximum absolute atomic E-state index is 12.2. The topological polar surface area (TPSA) is 83.3 Å². The molecule has 0 unspecified atom stereocenters. The highest BCUT2D eigenvalue weighted by Gasteiger charge is 2.09. The number of nitrogens with zero attached hydrogens (tertiary/aromatic N) is 3. The first-order chi connectivity index (χ1) is 12.2. The van der Waals surface area contributed by atoms with Crippen molar-refractivity contribution < 1.29 is 14.3 Å². The van der Waals surface area contributed by atoms with E-state index in [1.807, 2.05) is 12.1 Å². The fraction of sp³-hybridized carbons (Fsp3) is 0.222. The molecule has 0 spiro atoms. The van der Waals surface area contributed by atoms with E-state index in [1.165, 1.54) is 5.56 Å². The summed E-state index contributed by atoms with van der Waals surface area (Å²) < 4.78 is 11.4. The van der Waals surface area contributed by atoms with E-state index in [-0.39, 0.29) is 18.9 Å². The van der Waals surface area contributed by atoms with Gasteiger partial charge in [-0.05, 0) is 36.2 Å². The molecule has 0 saturated carbocycles. The normalized spacial score (nSPS) is 10.6. The highest BCUT2D eigenvalue weighted by Crippen LogP contribution is 2.12. The number of ether oxygens (including phenoxy) is 2. The Morgan fingerprint density at radius 1 is 1.12 bits per heavy atom. The van der Waals surface area contributed by atoms with E-state index < -0.39 is 5.97 Å². The van der Waals surface area contributed by atoms with Crippen LogP contribution >= 0.6 is 0 Å². The fourth-order valence-electron chi connectivity index (χ4n) is 2.25. The highest BCUT2D eigenvalue weighted by molar-refractivity contribution is 5.76. The van der Waals surface area contributed by atoms with E-state index in [9.17, 15) is 9.59 Å². The number of esters is 1. The van der Waals surface area contributed by atoms with E-state index in [1.54, 1.807) is 36.4 Å². The summed E-state index contributed by atoms with van der Waals surface area (Å²) in [6.45, 7) is 1.50. The fourth-order valence-corrected chi connectivity index (χ4v) is 2.25. The minimum Gasteiger partial charge on any atom is -0.482 e. The van der Waals surface area contributed by atoms with Crippen LogP contribution < -0.4 is 10.3 Å². The molecule has 7 heteroatoms. The van der Waals surface area contributed by atoms with Gasteiger partial charge in [0.05, 0.1) is 5.39 Å². The van der Waals surface area contributed by atoms with Gasteiger partial charge in [0.15, 0.2) is 13.3 Å². The third-order valence-electron chi connectivity index (χ3n) is 3.67. The SMILES string of the molecule is CCc1ccc(OCC(=O)OCn2nnc3ccccc3c2=O)cc1. The minimum absolute atomic E-state index is 0.249. The zero-order valence-corrected chi connectivity index (χ0v) is 13.7. The van der Waals surface area contributed by atoms with Gasteiger partial charge in [-0.15, -0.1) is 5.10 Å². The van der Waals surface area contributed by atoms with Crippen LogP contribution in [0.15, 0.2) is 53.3 Å². The summed E-state index contributed by atoms with van der Waals surface area (Å²) in [6, 6.07) is 14.3. The average molecular weight is 339 g/mol. The molecule has 0 N–H and O–H groups in total. The van der Waals surface area contributed by atoms with Gasteiger partial charge in [0.2, 0.25) is 0 Å². The smallest absolute Gasteiger partial charge is 0.345 e. The Morgan fingerprint density at radius 3 is 2.64 bits per heavy atom. The number of fused-ring (bicyclic) bond motifs is 1. The van der Waals surface area contributed by atoms with Gasteiger partial charge in [0.1, 0.15) is 11.3 Å². The van der Waals surface area contributed by atoms with Crippen molar-refractivity contribution in [1.29, 1.82) is 0 Å². The molecule has 1 heterocycles. The van der Waals surface area contributed by atoms with Crippen molar-refractivity contribution in [3.8, 4) is 5.75 Å². The van der Waals surface area contributed by atoms with Crippen molar-refractivity contribution in [2.45, 2.75) is 20.1 Å². The molecule has 0 radical (unpaired) electrons. The van der Waals surface area contributed by atoms with Crippen LogP contribution in [-0.2, 0) is 22.7 Å². The summed E-state index contributed by atoms with van der Waals surface area (Å²) >= 11 is 0. The summed E-state index contributed by atoms with van der Waals surface area (Å²) in [5.74, 6) is -0.0155. The first-order valence-corrected chi connectivity index (χ1v) is 7.87. The van der Waals surface area contributed by atoms with E-state index in [4.69, 9.17) is 9.47 Å². The van der Waals surface area contributed by atoms with Crippen LogP contribution in [0.1, 0.15) is 12.5 Å². The summed E-state index contributed by atoms with van der Waals surface area (Å²) in [7, 11) is 0. The van der Waals surface area contributed by atoms with Crippen LogP contribution in [0.2, 0.25) is 0 Å². The van der Waals surface area contributed by atoms with Gasteiger partial charge in [0, 0.05) is 0 Å². The number of carbonyl (C=O) groups excluding carboxylic acids is 1. The quantitative estimate of drug-likeness (QED) is 0.638. The van der Waals surface area contributed by atoms with E-state index >= 15 is 0 Å². The van der Waals surface area contributed by atoms with Crippen molar-refractivity contribution in [1.82, 2.24) is 15.0 Å². The number of aromatic nitrogens is 3. The first-order valence-electron chi connectivity index (χ1n) is 7.87. The van der Waals surface area contributed by atoms with Crippen molar-refractivity contribution in [2.24, 2.45) is 0 Å². The lowest BCUT2D eigenvalue weighted by atomic mass is 10.2. The molecule has 2 aromatic carbocycles. The van der Waals surface area contributed by atoms with Crippen molar-refractivity contribution in [2.75, 3.05) is 6.61 Å². The van der Waals surface area contributed by atoms with Crippen molar-refractivity contribution in [3.05, 3.63) is 64.4 Å². The molecule has 0 bridgehead atoms. The number of rotatable bonds is 6.